The van der Waals surface area contributed by atoms with E-state index in [1.165, 1.54) is 27.3 Å². The maximum atomic E-state index is 5.18. The van der Waals surface area contributed by atoms with Gasteiger partial charge in [-0.25, -0.2) is 9.97 Å². The second-order valence-electron chi connectivity index (χ2n) is 10.1. The molecule has 0 amide bonds. The number of aromatic nitrogens is 3. The van der Waals surface area contributed by atoms with Gasteiger partial charge in [0.05, 0.1) is 27.9 Å². The zero-order chi connectivity index (χ0) is 26.5. The zero-order valence-corrected chi connectivity index (χ0v) is 21.6. The van der Waals surface area contributed by atoms with Crippen LogP contribution in [0, 0.1) is 0 Å². The molecule has 0 bridgehead atoms. The molecule has 8 rings (SSSR count). The Hall–Kier alpha value is -5.41. The van der Waals surface area contributed by atoms with Gasteiger partial charge in [0.15, 0.2) is 0 Å². The van der Waals surface area contributed by atoms with E-state index >= 15 is 0 Å². The minimum atomic E-state index is 0.919. The normalized spacial score (nSPS) is 11.5. The third-order valence-electron chi connectivity index (χ3n) is 7.67. The molecule has 3 aromatic heterocycles. The van der Waals surface area contributed by atoms with E-state index in [2.05, 4.69) is 132 Å². The molecule has 0 N–H and O–H groups in total. The molecule has 0 fully saturated rings. The molecule has 0 aliphatic carbocycles. The summed E-state index contributed by atoms with van der Waals surface area (Å²) in [6, 6.07) is 46.7. The molecule has 0 saturated heterocycles. The van der Waals surface area contributed by atoms with Gasteiger partial charge >= 0.3 is 0 Å². The van der Waals surface area contributed by atoms with Gasteiger partial charge in [-0.2, -0.15) is 0 Å². The van der Waals surface area contributed by atoms with Gasteiger partial charge in [-0.3, -0.25) is 4.98 Å². The molecular formula is C37H23N3. The van der Waals surface area contributed by atoms with Gasteiger partial charge in [-0.05, 0) is 52.2 Å². The summed E-state index contributed by atoms with van der Waals surface area (Å²) in [4.78, 5) is 14.9. The molecule has 0 radical (unpaired) electrons. The van der Waals surface area contributed by atoms with Crippen LogP contribution in [0.1, 0.15) is 0 Å². The van der Waals surface area contributed by atoms with Crippen molar-refractivity contribution in [1.29, 1.82) is 0 Å². The number of rotatable bonds is 3. The Balaban J connectivity index is 1.32. The first kappa shape index (κ1) is 22.6. The van der Waals surface area contributed by atoms with Crippen LogP contribution in [-0.2, 0) is 0 Å². The Kier molecular flexibility index (Phi) is 5.14. The maximum Gasteiger partial charge on any atom is 0.0972 e. The van der Waals surface area contributed by atoms with Gasteiger partial charge in [-0.1, -0.05) is 103 Å². The van der Waals surface area contributed by atoms with Gasteiger partial charge in [0.2, 0.25) is 0 Å². The second kappa shape index (κ2) is 9.11. The average molecular weight is 510 g/mol. The molecule has 0 unspecified atom stereocenters. The summed E-state index contributed by atoms with van der Waals surface area (Å²) in [6.07, 6.45) is 1.83. The van der Waals surface area contributed by atoms with Crippen LogP contribution in [0.5, 0.6) is 0 Å². The monoisotopic (exact) mass is 509 g/mol. The standard InChI is InChI=1S/C37H23N3/c1-2-8-24(9-3-1)31-23-34(39-33-20-17-25-10-4-5-14-30(25)35(31)33)29-12-6-11-28(22-29)32-19-18-27-16-15-26-13-7-21-38-36(26)37(27)40-32/h1-23H. The van der Waals surface area contributed by atoms with Crippen LogP contribution in [0.3, 0.4) is 0 Å². The predicted molar refractivity (Wildman–Crippen MR) is 166 cm³/mol. The molecule has 8 aromatic rings. The van der Waals surface area contributed by atoms with Crippen molar-refractivity contribution in [2.45, 2.75) is 0 Å². The van der Waals surface area contributed by atoms with E-state index < -0.39 is 0 Å². The third-order valence-corrected chi connectivity index (χ3v) is 7.67. The Labute approximate surface area is 231 Å². The molecule has 0 saturated carbocycles. The van der Waals surface area contributed by atoms with Gasteiger partial charge in [0, 0.05) is 33.5 Å². The third kappa shape index (κ3) is 3.71. The molecule has 40 heavy (non-hydrogen) atoms. The van der Waals surface area contributed by atoms with E-state index in [0.29, 0.717) is 0 Å². The Morgan fingerprint density at radius 2 is 1.12 bits per heavy atom. The molecule has 5 aromatic carbocycles. The molecule has 0 atom stereocenters. The van der Waals surface area contributed by atoms with E-state index in [4.69, 9.17) is 9.97 Å². The van der Waals surface area contributed by atoms with Crippen LogP contribution in [0.2, 0.25) is 0 Å². The molecule has 3 nitrogen and oxygen atoms in total. The lowest BCUT2D eigenvalue weighted by Gasteiger charge is -2.13. The minimum absolute atomic E-state index is 0.919. The highest BCUT2D eigenvalue weighted by Gasteiger charge is 2.14. The largest absolute Gasteiger partial charge is 0.254 e. The summed E-state index contributed by atoms with van der Waals surface area (Å²) < 4.78 is 0. The van der Waals surface area contributed by atoms with Crippen LogP contribution in [-0.4, -0.2) is 15.0 Å². The average Bonchev–Trinajstić information content (AvgIpc) is 3.04. The van der Waals surface area contributed by atoms with Crippen LogP contribution in [0.25, 0.3) is 77.1 Å². The Morgan fingerprint density at radius 3 is 2.02 bits per heavy atom. The van der Waals surface area contributed by atoms with Gasteiger partial charge in [0.1, 0.15) is 0 Å². The van der Waals surface area contributed by atoms with Gasteiger partial charge in [0.25, 0.3) is 0 Å². The van der Waals surface area contributed by atoms with Crippen LogP contribution in [0.4, 0.5) is 0 Å². The SMILES string of the molecule is c1ccc(-c2cc(-c3cccc(-c4ccc5ccc6cccnc6c5n4)c3)nc3ccc4ccccc4c23)cc1. The van der Waals surface area contributed by atoms with Crippen molar-refractivity contribution < 1.29 is 0 Å². The number of benzene rings is 5. The van der Waals surface area contributed by atoms with Crippen molar-refractivity contribution in [1.82, 2.24) is 15.0 Å². The van der Waals surface area contributed by atoms with Crippen molar-refractivity contribution in [3.05, 3.63) is 140 Å². The lowest BCUT2D eigenvalue weighted by molar-refractivity contribution is 1.36. The first-order valence-electron chi connectivity index (χ1n) is 13.5. The fourth-order valence-corrected chi connectivity index (χ4v) is 5.72. The highest BCUT2D eigenvalue weighted by molar-refractivity contribution is 6.13. The number of nitrogens with zero attached hydrogens (tertiary/aromatic N) is 3. The molecule has 3 heteroatoms. The summed E-state index contributed by atoms with van der Waals surface area (Å²) in [5.41, 5.74) is 9.16. The van der Waals surface area contributed by atoms with E-state index in [9.17, 15) is 0 Å². The van der Waals surface area contributed by atoms with E-state index in [-0.39, 0.29) is 0 Å². The quantitative estimate of drug-likeness (QED) is 0.223. The van der Waals surface area contributed by atoms with Crippen LogP contribution in [0.15, 0.2) is 140 Å². The molecular weight excluding hydrogens is 486 g/mol. The topological polar surface area (TPSA) is 38.7 Å². The summed E-state index contributed by atoms with van der Waals surface area (Å²) in [5.74, 6) is 0. The van der Waals surface area contributed by atoms with E-state index in [1.807, 2.05) is 12.3 Å². The maximum absolute atomic E-state index is 5.18. The van der Waals surface area contributed by atoms with Crippen molar-refractivity contribution >= 4 is 43.5 Å². The molecule has 0 aliphatic heterocycles. The lowest BCUT2D eigenvalue weighted by atomic mass is 9.94. The molecule has 3 heterocycles. The summed E-state index contributed by atoms with van der Waals surface area (Å²) in [7, 11) is 0. The van der Waals surface area contributed by atoms with Crippen molar-refractivity contribution in [2.24, 2.45) is 0 Å². The highest BCUT2D eigenvalue weighted by Crippen LogP contribution is 2.37. The summed E-state index contributed by atoms with van der Waals surface area (Å²) >= 11 is 0. The fraction of sp³-hybridized carbons (Fsp3) is 0. The lowest BCUT2D eigenvalue weighted by Crippen LogP contribution is -1.92. The van der Waals surface area contributed by atoms with Crippen LogP contribution < -0.4 is 0 Å². The van der Waals surface area contributed by atoms with E-state index in [0.717, 1.165) is 49.8 Å². The van der Waals surface area contributed by atoms with Crippen molar-refractivity contribution in [2.75, 3.05) is 0 Å². The summed E-state index contributed by atoms with van der Waals surface area (Å²) in [5, 5.41) is 5.79. The zero-order valence-electron chi connectivity index (χ0n) is 21.6. The number of hydrogen-bond donors (Lipinski definition) is 0. The summed E-state index contributed by atoms with van der Waals surface area (Å²) in [6.45, 7) is 0. The van der Waals surface area contributed by atoms with Crippen LogP contribution >= 0.6 is 0 Å². The Bertz CT molecular complexity index is 2220. The number of pyridine rings is 3. The number of hydrogen-bond acceptors (Lipinski definition) is 3. The molecule has 186 valence electrons. The molecule has 0 spiro atoms. The minimum Gasteiger partial charge on any atom is -0.254 e. The van der Waals surface area contributed by atoms with Gasteiger partial charge in [-0.15, -0.1) is 0 Å². The Morgan fingerprint density at radius 1 is 0.425 bits per heavy atom. The first-order valence-corrected chi connectivity index (χ1v) is 13.5. The smallest absolute Gasteiger partial charge is 0.0972 e. The predicted octanol–water partition coefficient (Wildman–Crippen LogP) is 9.49. The first-order chi connectivity index (χ1) is 19.8. The van der Waals surface area contributed by atoms with Gasteiger partial charge < -0.3 is 0 Å². The van der Waals surface area contributed by atoms with E-state index in [1.54, 1.807) is 0 Å². The fourth-order valence-electron chi connectivity index (χ4n) is 5.72. The highest BCUT2D eigenvalue weighted by atomic mass is 14.8. The second-order valence-corrected chi connectivity index (χ2v) is 10.1. The number of fused-ring (bicyclic) bond motifs is 6. The van der Waals surface area contributed by atoms with Crippen molar-refractivity contribution in [3.8, 4) is 33.6 Å². The molecule has 0 aliphatic rings. The van der Waals surface area contributed by atoms with Crippen molar-refractivity contribution in [3.63, 3.8) is 0 Å².